The lowest BCUT2D eigenvalue weighted by Gasteiger charge is -2.28. The molecule has 0 atom stereocenters. The molecule has 0 unspecified atom stereocenters. The molecule has 0 spiro atoms. The van der Waals surface area contributed by atoms with Crippen LogP contribution in [0.2, 0.25) is 0 Å². The van der Waals surface area contributed by atoms with E-state index in [4.69, 9.17) is 0 Å². The van der Waals surface area contributed by atoms with Gasteiger partial charge in [-0.15, -0.1) is 0 Å². The van der Waals surface area contributed by atoms with Crippen LogP contribution in [0.5, 0.6) is 0 Å². The Bertz CT molecular complexity index is 4240. The highest BCUT2D eigenvalue weighted by Crippen LogP contribution is 2.46. The summed E-state index contributed by atoms with van der Waals surface area (Å²) in [5, 5.41) is 15.4. The molecule has 0 radical (unpaired) electrons. The first-order chi connectivity index (χ1) is 38.4. The summed E-state index contributed by atoms with van der Waals surface area (Å²) in [6, 6.07) is 93.4. The average Bonchev–Trinajstić information content (AvgIpc) is 3.66. The van der Waals surface area contributed by atoms with E-state index in [2.05, 4.69) is 315 Å². The largest absolute Gasteiger partial charge is 0.310 e. The second kappa shape index (κ2) is 19.6. The molecule has 0 bridgehead atoms. The topological polar surface area (TPSA) is 6.48 Å². The van der Waals surface area contributed by atoms with Crippen LogP contribution in [0.4, 0.5) is 34.1 Å². The molecule has 0 amide bonds. The van der Waals surface area contributed by atoms with Gasteiger partial charge in [-0.25, -0.2) is 0 Å². The summed E-state index contributed by atoms with van der Waals surface area (Å²) in [5.41, 5.74) is 16.3. The first-order valence-corrected chi connectivity index (χ1v) is 27.0. The van der Waals surface area contributed by atoms with Crippen LogP contribution in [-0.2, 0) is 0 Å². The first kappa shape index (κ1) is 46.5. The van der Waals surface area contributed by atoms with E-state index >= 15 is 0 Å². The van der Waals surface area contributed by atoms with E-state index in [0.29, 0.717) is 0 Å². The van der Waals surface area contributed by atoms with Crippen LogP contribution >= 0.6 is 0 Å². The maximum atomic E-state index is 2.40. The number of hydrogen-bond acceptors (Lipinski definition) is 2. The molecule has 0 aliphatic rings. The third-order valence-corrected chi connectivity index (χ3v) is 15.7. The maximum absolute atomic E-state index is 2.40. The van der Waals surface area contributed by atoms with Crippen LogP contribution in [0.3, 0.4) is 0 Å². The summed E-state index contributed by atoms with van der Waals surface area (Å²) >= 11 is 0. The summed E-state index contributed by atoms with van der Waals surface area (Å²) in [6.45, 7) is 4.29. The molecule has 14 aromatic carbocycles. The molecule has 0 heterocycles. The minimum atomic E-state index is 1.12. The van der Waals surface area contributed by atoms with Gasteiger partial charge in [0.25, 0.3) is 0 Å². The van der Waals surface area contributed by atoms with Crippen molar-refractivity contribution in [2.75, 3.05) is 9.80 Å². The Labute approximate surface area is 455 Å². The molecule has 0 aromatic heterocycles. The smallest absolute Gasteiger partial charge is 0.0540 e. The Morgan fingerprint density at radius 1 is 0.218 bits per heavy atom. The van der Waals surface area contributed by atoms with Gasteiger partial charge in [0.1, 0.15) is 0 Å². The van der Waals surface area contributed by atoms with Gasteiger partial charge in [0, 0.05) is 33.5 Å². The zero-order valence-corrected chi connectivity index (χ0v) is 43.6. The molecular formula is C76H54N2. The highest BCUT2D eigenvalue weighted by molar-refractivity contribution is 6.27. The van der Waals surface area contributed by atoms with Gasteiger partial charge in [-0.1, -0.05) is 242 Å². The van der Waals surface area contributed by atoms with E-state index in [9.17, 15) is 0 Å². The predicted octanol–water partition coefficient (Wildman–Crippen LogP) is 21.5. The van der Waals surface area contributed by atoms with Crippen molar-refractivity contribution in [1.29, 1.82) is 0 Å². The van der Waals surface area contributed by atoms with Crippen LogP contribution in [0.25, 0.3) is 101 Å². The molecule has 0 saturated heterocycles. The fourth-order valence-corrected chi connectivity index (χ4v) is 11.6. The van der Waals surface area contributed by atoms with Gasteiger partial charge in [-0.3, -0.25) is 0 Å². The van der Waals surface area contributed by atoms with E-state index in [1.807, 2.05) is 0 Å². The highest BCUT2D eigenvalue weighted by atomic mass is 15.1. The summed E-state index contributed by atoms with van der Waals surface area (Å²) < 4.78 is 0. The number of anilines is 6. The zero-order valence-electron chi connectivity index (χ0n) is 43.6. The zero-order chi connectivity index (χ0) is 52.1. The van der Waals surface area contributed by atoms with Crippen LogP contribution in [0.15, 0.2) is 255 Å². The van der Waals surface area contributed by atoms with Crippen LogP contribution < -0.4 is 9.80 Å². The van der Waals surface area contributed by atoms with Crippen molar-refractivity contribution in [1.82, 2.24) is 0 Å². The van der Waals surface area contributed by atoms with E-state index in [1.165, 1.54) is 87.1 Å². The van der Waals surface area contributed by atoms with Gasteiger partial charge in [-0.2, -0.15) is 0 Å². The number of nitrogens with zero attached hydrogens (tertiary/aromatic N) is 2. The Balaban J connectivity index is 0.648. The lowest BCUT2D eigenvalue weighted by molar-refractivity contribution is 1.29. The summed E-state index contributed by atoms with van der Waals surface area (Å²) in [6.07, 6.45) is 13.1. The number of aryl methyl sites for hydroxylation is 2. The molecule has 0 aliphatic carbocycles. The maximum Gasteiger partial charge on any atom is 0.0540 e. The summed E-state index contributed by atoms with van der Waals surface area (Å²) in [5.74, 6) is 0. The van der Waals surface area contributed by atoms with Crippen LogP contribution in [-0.4, -0.2) is 0 Å². The predicted molar refractivity (Wildman–Crippen MR) is 339 cm³/mol. The molecule has 0 aliphatic heterocycles. The van der Waals surface area contributed by atoms with E-state index in [-0.39, 0.29) is 0 Å². The Hall–Kier alpha value is -10.0. The van der Waals surface area contributed by atoms with Gasteiger partial charge in [-0.05, 0) is 162 Å². The van der Waals surface area contributed by atoms with E-state index in [1.54, 1.807) is 0 Å². The van der Waals surface area contributed by atoms with Gasteiger partial charge >= 0.3 is 0 Å². The fraction of sp³-hybridized carbons (Fsp3) is 0.0263. The number of hydrogen-bond donors (Lipinski definition) is 0. The first-order valence-electron chi connectivity index (χ1n) is 27.0. The summed E-state index contributed by atoms with van der Waals surface area (Å²) in [7, 11) is 0. The molecule has 0 fully saturated rings. The lowest BCUT2D eigenvalue weighted by Crippen LogP contribution is -2.10. The number of benzene rings is 14. The molecule has 14 rings (SSSR count). The Morgan fingerprint density at radius 3 is 0.744 bits per heavy atom. The minimum Gasteiger partial charge on any atom is -0.310 e. The highest BCUT2D eigenvalue weighted by Gasteiger charge is 2.20. The van der Waals surface area contributed by atoms with Crippen molar-refractivity contribution in [3.63, 3.8) is 0 Å². The monoisotopic (exact) mass is 994 g/mol. The third-order valence-electron chi connectivity index (χ3n) is 15.7. The average molecular weight is 995 g/mol. The van der Waals surface area contributed by atoms with E-state index in [0.717, 1.165) is 56.1 Å². The second-order valence-corrected chi connectivity index (χ2v) is 20.7. The van der Waals surface area contributed by atoms with Crippen LogP contribution in [0.1, 0.15) is 44.5 Å². The van der Waals surface area contributed by atoms with E-state index < -0.39 is 0 Å². The van der Waals surface area contributed by atoms with Gasteiger partial charge < -0.3 is 9.80 Å². The molecule has 78 heavy (non-hydrogen) atoms. The van der Waals surface area contributed by atoms with Crippen molar-refractivity contribution in [3.05, 3.63) is 299 Å². The minimum absolute atomic E-state index is 1.12. The van der Waals surface area contributed by atoms with Crippen LogP contribution in [0, 0.1) is 13.8 Å². The Morgan fingerprint density at radius 2 is 0.449 bits per heavy atom. The molecule has 368 valence electrons. The third kappa shape index (κ3) is 8.70. The SMILES string of the molecule is Cc1ccc(N(c2ccc(C=Cc3ccc(C=Cc4ccc(C=Cc5ccc(N(c6ccc(C)cc6)c6ccc7ccc8cccc9ccc6c7c89)cc5)cc4)cc3)cc2)c2ccc3ccc4cccc5ccc2c3c45)cc1. The van der Waals surface area contributed by atoms with Crippen molar-refractivity contribution in [2.45, 2.75) is 13.8 Å². The fourth-order valence-electron chi connectivity index (χ4n) is 11.6. The second-order valence-electron chi connectivity index (χ2n) is 20.7. The lowest BCUT2D eigenvalue weighted by atomic mass is 9.93. The molecule has 14 aromatic rings. The van der Waals surface area contributed by atoms with Gasteiger partial charge in [0.2, 0.25) is 0 Å². The Kier molecular flexibility index (Phi) is 11.7. The molecular weight excluding hydrogens is 941 g/mol. The molecule has 2 heteroatoms. The van der Waals surface area contributed by atoms with Gasteiger partial charge in [0.15, 0.2) is 0 Å². The van der Waals surface area contributed by atoms with Crippen molar-refractivity contribution in [2.24, 2.45) is 0 Å². The molecule has 0 N–H and O–H groups in total. The quantitative estimate of drug-likeness (QED) is 0.0889. The molecule has 0 saturated carbocycles. The number of rotatable bonds is 12. The standard InChI is InChI=1S/C76H54N2/c1-51-9-39-65(40-10-51)77(71-49-37-63-33-31-59-5-3-7-61-35-47-69(71)75(63)73(59)61)67-43-27-57(28-44-67)25-23-55-19-15-53(16-20-55)13-14-54-17-21-56(22-18-54)24-26-58-29-45-68(46-30-58)78(66-41-11-52(2)12-42-66)72-50-38-64-34-32-60-6-4-8-62-36-48-70(72)76(64)74(60)62/h3-50H,1-2H3. The van der Waals surface area contributed by atoms with Crippen molar-refractivity contribution >= 4 is 135 Å². The summed E-state index contributed by atoms with van der Waals surface area (Å²) in [4.78, 5) is 4.79. The van der Waals surface area contributed by atoms with Crippen molar-refractivity contribution < 1.29 is 0 Å². The van der Waals surface area contributed by atoms with Crippen molar-refractivity contribution in [3.8, 4) is 0 Å². The van der Waals surface area contributed by atoms with Gasteiger partial charge in [0.05, 0.1) is 11.4 Å². The molecule has 2 nitrogen and oxygen atoms in total. The normalized spacial score (nSPS) is 12.1.